The van der Waals surface area contributed by atoms with E-state index in [1.54, 1.807) is 18.2 Å². The van der Waals surface area contributed by atoms with Crippen LogP contribution in [0.25, 0.3) is 32.9 Å². The van der Waals surface area contributed by atoms with Crippen molar-refractivity contribution in [2.24, 2.45) is 0 Å². The lowest BCUT2D eigenvalue weighted by molar-refractivity contribution is 0.0692. The number of ether oxygens (including phenoxy) is 1. The van der Waals surface area contributed by atoms with E-state index in [1.807, 2.05) is 12.1 Å². The van der Waals surface area contributed by atoms with Crippen molar-refractivity contribution in [2.45, 2.75) is 0 Å². The van der Waals surface area contributed by atoms with Crippen LogP contribution in [0.5, 0.6) is 0 Å². The number of H-pyrrole nitrogens is 1. The van der Waals surface area contributed by atoms with E-state index in [1.165, 1.54) is 12.3 Å². The highest BCUT2D eigenvalue weighted by Gasteiger charge is 2.23. The number of halogens is 2. The van der Waals surface area contributed by atoms with E-state index in [-0.39, 0.29) is 5.69 Å². The normalized spacial score (nSPS) is 14.5. The molecular weight excluding hydrogens is 409 g/mol. The van der Waals surface area contributed by atoms with Crippen molar-refractivity contribution in [1.82, 2.24) is 9.97 Å². The maximum absolute atomic E-state index is 14.6. The molecule has 4 aromatic rings. The number of anilines is 1. The number of pyridine rings is 1. The summed E-state index contributed by atoms with van der Waals surface area (Å²) >= 11 is 6.75. The first-order valence-electron chi connectivity index (χ1n) is 9.50. The lowest BCUT2D eigenvalue weighted by Crippen LogP contribution is -2.36. The highest BCUT2D eigenvalue weighted by molar-refractivity contribution is 6.39. The Bertz CT molecular complexity index is 1300. The lowest BCUT2D eigenvalue weighted by atomic mass is 10.00. The van der Waals surface area contributed by atoms with Gasteiger partial charge in [0.2, 0.25) is 0 Å². The van der Waals surface area contributed by atoms with Crippen LogP contribution in [0.3, 0.4) is 0 Å². The molecule has 0 aliphatic carbocycles. The predicted octanol–water partition coefficient (Wildman–Crippen LogP) is 4.71. The Labute approximate surface area is 175 Å². The van der Waals surface area contributed by atoms with Gasteiger partial charge in [-0.15, -0.1) is 0 Å². The topological polar surface area (TPSA) is 78.4 Å². The Morgan fingerprint density at radius 3 is 2.63 bits per heavy atom. The zero-order valence-corrected chi connectivity index (χ0v) is 16.5. The summed E-state index contributed by atoms with van der Waals surface area (Å²) in [7, 11) is 0. The van der Waals surface area contributed by atoms with Gasteiger partial charge in [-0.2, -0.15) is 0 Å². The van der Waals surface area contributed by atoms with Crippen LogP contribution in [-0.2, 0) is 4.74 Å². The van der Waals surface area contributed by atoms with Crippen molar-refractivity contribution >= 4 is 45.1 Å². The second-order valence-electron chi connectivity index (χ2n) is 7.10. The molecular formula is C22H17ClFN3O3. The standard InChI is InChI=1S/C22H17ClFN3O3/c23-18-16(27-7-9-30-10-8-27)6-5-13-17-14(12-3-1-2-4-15(12)24)11-25-21(22(28)29)20(17)26-19(13)18/h1-6,11,26H,7-10H2,(H,28,29). The Hall–Kier alpha value is -3.16. The fraction of sp³-hybridized carbons (Fsp3) is 0.182. The van der Waals surface area contributed by atoms with E-state index in [9.17, 15) is 14.3 Å². The number of nitrogens with zero attached hydrogens (tertiary/aromatic N) is 2. The first kappa shape index (κ1) is 18.8. The van der Waals surface area contributed by atoms with Crippen LogP contribution in [0.15, 0.2) is 42.6 Å². The molecule has 0 radical (unpaired) electrons. The predicted molar refractivity (Wildman–Crippen MR) is 114 cm³/mol. The number of hydrogen-bond donors (Lipinski definition) is 2. The maximum atomic E-state index is 14.6. The Balaban J connectivity index is 1.82. The number of rotatable bonds is 3. The summed E-state index contributed by atoms with van der Waals surface area (Å²) in [6.45, 7) is 2.67. The number of carboxylic acids is 1. The summed E-state index contributed by atoms with van der Waals surface area (Å²) in [4.78, 5) is 21.2. The number of benzene rings is 2. The van der Waals surface area contributed by atoms with Crippen molar-refractivity contribution in [2.75, 3.05) is 31.2 Å². The number of fused-ring (bicyclic) bond motifs is 3. The molecule has 2 aromatic carbocycles. The van der Waals surface area contributed by atoms with Crippen molar-refractivity contribution in [3.05, 3.63) is 59.1 Å². The van der Waals surface area contributed by atoms with Crippen LogP contribution in [0.2, 0.25) is 5.02 Å². The van der Waals surface area contributed by atoms with E-state index < -0.39 is 11.8 Å². The highest BCUT2D eigenvalue weighted by Crippen LogP contribution is 2.41. The van der Waals surface area contributed by atoms with Gasteiger partial charge in [-0.3, -0.25) is 0 Å². The zero-order valence-electron chi connectivity index (χ0n) is 15.8. The van der Waals surface area contributed by atoms with Gasteiger partial charge in [0.25, 0.3) is 0 Å². The smallest absolute Gasteiger partial charge is 0.356 e. The number of morpholine rings is 1. The molecule has 0 saturated carbocycles. The van der Waals surface area contributed by atoms with Crippen LogP contribution in [-0.4, -0.2) is 47.3 Å². The minimum absolute atomic E-state index is 0.134. The van der Waals surface area contributed by atoms with Gasteiger partial charge in [-0.05, 0) is 12.1 Å². The number of aromatic nitrogens is 2. The van der Waals surface area contributed by atoms with E-state index in [0.717, 1.165) is 11.1 Å². The molecule has 0 unspecified atom stereocenters. The SMILES string of the molecule is O=C(O)c1ncc(-c2ccccc2F)c2c1[nH]c1c(Cl)c(N3CCOCC3)ccc12. The van der Waals surface area contributed by atoms with E-state index >= 15 is 0 Å². The average molecular weight is 426 g/mol. The minimum Gasteiger partial charge on any atom is -0.476 e. The van der Waals surface area contributed by atoms with E-state index in [0.29, 0.717) is 58.9 Å². The van der Waals surface area contributed by atoms with Gasteiger partial charge in [0, 0.05) is 41.2 Å². The fourth-order valence-corrected chi connectivity index (χ4v) is 4.36. The van der Waals surface area contributed by atoms with Crippen LogP contribution < -0.4 is 4.90 Å². The van der Waals surface area contributed by atoms with Crippen molar-refractivity contribution < 1.29 is 19.0 Å². The summed E-state index contributed by atoms with van der Waals surface area (Å²) in [5, 5.41) is 11.4. The molecule has 30 heavy (non-hydrogen) atoms. The zero-order chi connectivity index (χ0) is 20.8. The van der Waals surface area contributed by atoms with Crippen LogP contribution in [0.4, 0.5) is 10.1 Å². The lowest BCUT2D eigenvalue weighted by Gasteiger charge is -2.29. The molecule has 2 aromatic heterocycles. The van der Waals surface area contributed by atoms with Crippen LogP contribution in [0.1, 0.15) is 10.5 Å². The molecule has 8 heteroatoms. The second kappa shape index (κ2) is 7.27. The molecule has 1 aliphatic rings. The summed E-state index contributed by atoms with van der Waals surface area (Å²) in [6, 6.07) is 10.2. The quantitative estimate of drug-likeness (QED) is 0.497. The second-order valence-corrected chi connectivity index (χ2v) is 7.48. The van der Waals surface area contributed by atoms with Crippen molar-refractivity contribution in [3.63, 3.8) is 0 Å². The number of carboxylic acid groups (broad SMARTS) is 1. The summed E-state index contributed by atoms with van der Waals surface area (Å²) < 4.78 is 20.0. The fourth-order valence-electron chi connectivity index (χ4n) is 4.03. The number of carbonyl (C=O) groups is 1. The Morgan fingerprint density at radius 2 is 1.90 bits per heavy atom. The van der Waals surface area contributed by atoms with E-state index in [2.05, 4.69) is 14.9 Å². The first-order chi connectivity index (χ1) is 14.6. The number of aromatic carboxylic acids is 1. The first-order valence-corrected chi connectivity index (χ1v) is 9.88. The molecule has 3 heterocycles. The molecule has 0 spiro atoms. The molecule has 0 bridgehead atoms. The molecule has 0 amide bonds. The van der Waals surface area contributed by atoms with Crippen molar-refractivity contribution in [3.8, 4) is 11.1 Å². The summed E-state index contributed by atoms with van der Waals surface area (Å²) in [6.07, 6.45) is 1.40. The van der Waals surface area contributed by atoms with Gasteiger partial charge in [-0.1, -0.05) is 35.9 Å². The third-order valence-corrected chi connectivity index (χ3v) is 5.82. The van der Waals surface area contributed by atoms with Gasteiger partial charge in [-0.25, -0.2) is 14.2 Å². The minimum atomic E-state index is -1.17. The van der Waals surface area contributed by atoms with Gasteiger partial charge >= 0.3 is 5.97 Å². The molecule has 5 rings (SSSR count). The van der Waals surface area contributed by atoms with Crippen LogP contribution in [0, 0.1) is 5.82 Å². The molecule has 1 saturated heterocycles. The third kappa shape index (κ3) is 2.89. The maximum Gasteiger partial charge on any atom is 0.356 e. The van der Waals surface area contributed by atoms with Crippen molar-refractivity contribution in [1.29, 1.82) is 0 Å². The van der Waals surface area contributed by atoms with Gasteiger partial charge < -0.3 is 19.7 Å². The molecule has 152 valence electrons. The van der Waals surface area contributed by atoms with Gasteiger partial charge in [0.1, 0.15) is 5.82 Å². The molecule has 1 fully saturated rings. The summed E-state index contributed by atoms with van der Waals surface area (Å²) in [5.74, 6) is -1.58. The van der Waals surface area contributed by atoms with Gasteiger partial charge in [0.05, 0.1) is 35.0 Å². The Morgan fingerprint density at radius 1 is 1.13 bits per heavy atom. The molecule has 6 nitrogen and oxygen atoms in total. The number of aromatic amines is 1. The third-order valence-electron chi connectivity index (χ3n) is 5.44. The molecule has 2 N–H and O–H groups in total. The van der Waals surface area contributed by atoms with Crippen LogP contribution >= 0.6 is 11.6 Å². The largest absolute Gasteiger partial charge is 0.476 e. The summed E-state index contributed by atoms with van der Waals surface area (Å²) in [5.41, 5.74) is 2.49. The van der Waals surface area contributed by atoms with E-state index in [4.69, 9.17) is 16.3 Å². The number of nitrogens with one attached hydrogen (secondary N) is 1. The average Bonchev–Trinajstić information content (AvgIpc) is 3.15. The monoisotopic (exact) mass is 425 g/mol. The highest BCUT2D eigenvalue weighted by atomic mass is 35.5. The number of hydrogen-bond acceptors (Lipinski definition) is 4. The Kier molecular flexibility index (Phi) is 4.56. The van der Waals surface area contributed by atoms with Gasteiger partial charge in [0.15, 0.2) is 5.69 Å². The molecule has 1 aliphatic heterocycles. The molecule has 0 atom stereocenters.